The predicted molar refractivity (Wildman–Crippen MR) is 159 cm³/mol. The Balaban J connectivity index is 1.48. The van der Waals surface area contributed by atoms with Gasteiger partial charge in [-0.25, -0.2) is 4.39 Å². The van der Waals surface area contributed by atoms with Crippen molar-refractivity contribution in [2.24, 2.45) is 0 Å². The third kappa shape index (κ3) is 10.3. The van der Waals surface area contributed by atoms with Gasteiger partial charge in [-0.3, -0.25) is 0 Å². The van der Waals surface area contributed by atoms with Crippen LogP contribution < -0.4 is 0 Å². The number of alkyl halides is 1. The molecule has 6 heteroatoms. The molecule has 0 unspecified atom stereocenters. The smallest absolute Gasteiger partial charge is 0.186 e. The molecule has 0 aliphatic carbocycles. The van der Waals surface area contributed by atoms with E-state index >= 15 is 0 Å². The van der Waals surface area contributed by atoms with Gasteiger partial charge in [-0.2, -0.15) is 0 Å². The van der Waals surface area contributed by atoms with Crippen LogP contribution in [-0.4, -0.2) is 44.0 Å². The Morgan fingerprint density at radius 2 is 1.15 bits per heavy atom. The molecule has 0 amide bonds. The van der Waals surface area contributed by atoms with Gasteiger partial charge >= 0.3 is 0 Å². The van der Waals surface area contributed by atoms with E-state index in [0.29, 0.717) is 19.8 Å². The topological polar surface area (TPSA) is 46.2 Å². The lowest BCUT2D eigenvalue weighted by molar-refractivity contribution is -0.194. The molecule has 0 aromatic heterocycles. The van der Waals surface area contributed by atoms with Gasteiger partial charge in [-0.05, 0) is 23.1 Å². The molecule has 5 atom stereocenters. The first-order valence-electron chi connectivity index (χ1n) is 15.1. The highest BCUT2D eigenvalue weighted by atomic mass is 19.1. The first-order valence-corrected chi connectivity index (χ1v) is 15.1. The maximum absolute atomic E-state index is 14.6. The van der Waals surface area contributed by atoms with Gasteiger partial charge in [0.1, 0.15) is 31.1 Å². The zero-order chi connectivity index (χ0) is 28.5. The van der Waals surface area contributed by atoms with Crippen molar-refractivity contribution in [2.75, 3.05) is 13.3 Å². The second-order valence-corrected chi connectivity index (χ2v) is 10.6. The van der Waals surface area contributed by atoms with Crippen molar-refractivity contribution in [3.8, 4) is 0 Å². The molecule has 1 aliphatic heterocycles. The van der Waals surface area contributed by atoms with E-state index < -0.39 is 37.4 Å². The molecule has 1 fully saturated rings. The molecule has 3 aromatic carbocycles. The number of unbranched alkanes of at least 4 members (excludes halogenated alkanes) is 5. The number of ether oxygens (including phenoxy) is 5. The monoisotopic (exact) mass is 564 g/mol. The second kappa shape index (κ2) is 18.0. The van der Waals surface area contributed by atoms with E-state index in [1.807, 2.05) is 91.0 Å². The Morgan fingerprint density at radius 3 is 1.71 bits per heavy atom. The predicted octanol–water partition coefficient (Wildman–Crippen LogP) is 7.81. The fourth-order valence-electron chi connectivity index (χ4n) is 5.07. The number of hydrogen-bond acceptors (Lipinski definition) is 5. The molecule has 4 rings (SSSR count). The van der Waals surface area contributed by atoms with Gasteiger partial charge in [0.15, 0.2) is 6.29 Å². The minimum Gasteiger partial charge on any atom is -0.368 e. The summed E-state index contributed by atoms with van der Waals surface area (Å²) in [6, 6.07) is 29.7. The number of rotatable bonds is 19. The Kier molecular flexibility index (Phi) is 13.8. The zero-order valence-electron chi connectivity index (χ0n) is 24.2. The summed E-state index contributed by atoms with van der Waals surface area (Å²) in [6.45, 7) is 3.05. The first kappa shape index (κ1) is 31.3. The second-order valence-electron chi connectivity index (χ2n) is 10.6. The number of hydrogen-bond donors (Lipinski definition) is 0. The average molecular weight is 565 g/mol. The average Bonchev–Trinajstić information content (AvgIpc) is 3.37. The molecule has 5 nitrogen and oxygen atoms in total. The molecule has 1 saturated heterocycles. The lowest BCUT2D eigenvalue weighted by atomic mass is 10.1. The number of benzene rings is 3. The molecule has 0 spiro atoms. The third-order valence-electron chi connectivity index (χ3n) is 7.38. The van der Waals surface area contributed by atoms with Crippen LogP contribution in [0.25, 0.3) is 0 Å². The first-order chi connectivity index (χ1) is 20.3. The fraction of sp³-hybridized carbons (Fsp3) is 0.486. The van der Waals surface area contributed by atoms with E-state index in [4.69, 9.17) is 23.7 Å². The van der Waals surface area contributed by atoms with Crippen LogP contribution in [0.3, 0.4) is 0 Å². The maximum Gasteiger partial charge on any atom is 0.186 e. The molecule has 222 valence electrons. The van der Waals surface area contributed by atoms with Gasteiger partial charge in [0, 0.05) is 6.61 Å². The van der Waals surface area contributed by atoms with Crippen molar-refractivity contribution in [3.63, 3.8) is 0 Å². The van der Waals surface area contributed by atoms with Crippen LogP contribution in [0.5, 0.6) is 0 Å². The summed E-state index contributed by atoms with van der Waals surface area (Å²) in [5.41, 5.74) is 3.03. The fourth-order valence-corrected chi connectivity index (χ4v) is 5.07. The van der Waals surface area contributed by atoms with Crippen molar-refractivity contribution in [3.05, 3.63) is 108 Å². The normalized spacial score (nSPS) is 21.2. The lowest BCUT2D eigenvalue weighted by Crippen LogP contribution is -2.44. The van der Waals surface area contributed by atoms with Crippen molar-refractivity contribution in [1.82, 2.24) is 0 Å². The van der Waals surface area contributed by atoms with Crippen LogP contribution in [0.15, 0.2) is 91.0 Å². The highest BCUT2D eigenvalue weighted by Gasteiger charge is 2.50. The summed E-state index contributed by atoms with van der Waals surface area (Å²) >= 11 is 0. The third-order valence-corrected chi connectivity index (χ3v) is 7.38. The molecule has 0 radical (unpaired) electrons. The minimum atomic E-state index is -0.832. The van der Waals surface area contributed by atoms with E-state index in [2.05, 4.69) is 6.92 Å². The highest BCUT2D eigenvalue weighted by molar-refractivity contribution is 5.15. The van der Waals surface area contributed by atoms with E-state index in [1.165, 1.54) is 25.7 Å². The molecule has 0 saturated carbocycles. The van der Waals surface area contributed by atoms with Crippen LogP contribution in [-0.2, 0) is 43.5 Å². The molecule has 3 aromatic rings. The minimum absolute atomic E-state index is 0.277. The quantitative estimate of drug-likeness (QED) is 0.139. The zero-order valence-corrected chi connectivity index (χ0v) is 24.2. The SMILES string of the molecule is CCCCCCCCO[C@@H]1O[C@@H]([C@@H](CF)OCc2ccccc2)[C@H](OCc2ccccc2)[C@H]1OCc1ccccc1. The summed E-state index contributed by atoms with van der Waals surface area (Å²) in [5.74, 6) is 0. The molecular weight excluding hydrogens is 519 g/mol. The van der Waals surface area contributed by atoms with E-state index in [0.717, 1.165) is 29.5 Å². The van der Waals surface area contributed by atoms with Gasteiger partial charge in [-0.15, -0.1) is 0 Å². The molecular formula is C35H45FO5. The van der Waals surface area contributed by atoms with Crippen LogP contribution >= 0.6 is 0 Å². The maximum atomic E-state index is 14.6. The summed E-state index contributed by atoms with van der Waals surface area (Å²) in [6.07, 6.45) is 3.63. The van der Waals surface area contributed by atoms with Crippen molar-refractivity contribution in [1.29, 1.82) is 0 Å². The Hall–Kier alpha value is -2.61. The van der Waals surface area contributed by atoms with E-state index in [1.54, 1.807) is 0 Å². The van der Waals surface area contributed by atoms with Gasteiger partial charge in [0.2, 0.25) is 0 Å². The van der Waals surface area contributed by atoms with Gasteiger partial charge in [0.25, 0.3) is 0 Å². The van der Waals surface area contributed by atoms with Gasteiger partial charge in [-0.1, -0.05) is 130 Å². The number of halogens is 1. The molecule has 0 N–H and O–H groups in total. The van der Waals surface area contributed by atoms with E-state index in [9.17, 15) is 4.39 Å². The summed E-state index contributed by atoms with van der Waals surface area (Å²) in [4.78, 5) is 0. The van der Waals surface area contributed by atoms with Crippen LogP contribution in [0, 0.1) is 0 Å². The largest absolute Gasteiger partial charge is 0.368 e. The molecule has 1 heterocycles. The summed E-state index contributed by atoms with van der Waals surface area (Å²) in [7, 11) is 0. The van der Waals surface area contributed by atoms with Crippen molar-refractivity contribution in [2.45, 2.75) is 96.0 Å². The Bertz CT molecular complexity index is 1070. The van der Waals surface area contributed by atoms with Crippen LogP contribution in [0.2, 0.25) is 0 Å². The molecule has 1 aliphatic rings. The summed E-state index contributed by atoms with van der Waals surface area (Å²) < 4.78 is 46.3. The standard InChI is InChI=1S/C35H45FO5/c1-2-3-4-5-6-16-23-37-35-34(40-27-30-21-14-9-15-22-30)33(39-26-29-19-12-8-13-20-29)32(41-35)31(24-36)38-25-28-17-10-7-11-18-28/h7-15,17-22,31-35H,2-6,16,23-27H2,1H3/t31-,32+,33+,34-,35-/m1/s1. The van der Waals surface area contributed by atoms with Gasteiger partial charge < -0.3 is 23.7 Å². The highest BCUT2D eigenvalue weighted by Crippen LogP contribution is 2.33. The van der Waals surface area contributed by atoms with Crippen LogP contribution in [0.1, 0.15) is 62.1 Å². The van der Waals surface area contributed by atoms with Crippen molar-refractivity contribution < 1.29 is 28.1 Å². The summed E-state index contributed by atoms with van der Waals surface area (Å²) in [5, 5.41) is 0. The lowest BCUT2D eigenvalue weighted by Gasteiger charge is -2.28. The molecule has 41 heavy (non-hydrogen) atoms. The van der Waals surface area contributed by atoms with Gasteiger partial charge in [0.05, 0.1) is 19.8 Å². The Labute approximate surface area is 244 Å². The van der Waals surface area contributed by atoms with E-state index in [-0.39, 0.29) is 6.61 Å². The van der Waals surface area contributed by atoms with Crippen LogP contribution in [0.4, 0.5) is 4.39 Å². The molecule has 0 bridgehead atoms. The Morgan fingerprint density at radius 1 is 0.634 bits per heavy atom. The van der Waals surface area contributed by atoms with Crippen molar-refractivity contribution >= 4 is 0 Å².